The van der Waals surface area contributed by atoms with Crippen LogP contribution in [0.4, 0.5) is 0 Å². The smallest absolute Gasteiger partial charge is 0.124 e. The second kappa shape index (κ2) is 8.84. The zero-order valence-electron chi connectivity index (χ0n) is 16.0. The maximum atomic E-state index is 6.24. The molecule has 0 saturated carbocycles. The molecule has 0 aromatic heterocycles. The Kier molecular flexibility index (Phi) is 6.26. The molecule has 26 heavy (non-hydrogen) atoms. The van der Waals surface area contributed by atoms with Gasteiger partial charge in [-0.2, -0.15) is 0 Å². The van der Waals surface area contributed by atoms with Crippen LogP contribution in [0.3, 0.4) is 0 Å². The van der Waals surface area contributed by atoms with E-state index in [4.69, 9.17) is 4.74 Å². The molecule has 3 heteroatoms. The van der Waals surface area contributed by atoms with Crippen molar-refractivity contribution in [1.29, 1.82) is 0 Å². The third-order valence-corrected chi connectivity index (χ3v) is 4.68. The van der Waals surface area contributed by atoms with Crippen LogP contribution in [0.25, 0.3) is 10.8 Å². The minimum absolute atomic E-state index is 0.593. The number of hydrogen-bond acceptors (Lipinski definition) is 3. The molecule has 136 valence electrons. The molecule has 3 nitrogen and oxygen atoms in total. The number of nitrogens with zero attached hydrogens (tertiary/aromatic N) is 1. The van der Waals surface area contributed by atoms with E-state index in [1.165, 1.54) is 27.5 Å². The van der Waals surface area contributed by atoms with Crippen LogP contribution in [0.1, 0.15) is 16.7 Å². The third-order valence-electron chi connectivity index (χ3n) is 4.68. The standard InChI is InChI=1S/C23H28N2O/c1-18-8-4-5-10-20(18)17-26-23-13-12-19-9-6-7-11-21(19)22(23)16-24-14-15-25(2)3/h4-13,24H,14-17H2,1-3H3. The number of fused-ring (bicyclic) bond motifs is 1. The first-order chi connectivity index (χ1) is 12.6. The fourth-order valence-corrected chi connectivity index (χ4v) is 3.08. The summed E-state index contributed by atoms with van der Waals surface area (Å²) in [6.07, 6.45) is 0. The second-order valence-electron chi connectivity index (χ2n) is 6.96. The van der Waals surface area contributed by atoms with Gasteiger partial charge in [0.25, 0.3) is 0 Å². The highest BCUT2D eigenvalue weighted by Crippen LogP contribution is 2.29. The molecule has 0 amide bonds. The van der Waals surface area contributed by atoms with E-state index in [-0.39, 0.29) is 0 Å². The van der Waals surface area contributed by atoms with Gasteiger partial charge in [-0.15, -0.1) is 0 Å². The zero-order chi connectivity index (χ0) is 18.4. The number of hydrogen-bond donors (Lipinski definition) is 1. The molecule has 0 unspecified atom stereocenters. The van der Waals surface area contributed by atoms with Crippen molar-refractivity contribution in [2.75, 3.05) is 27.2 Å². The van der Waals surface area contributed by atoms with Crippen LogP contribution in [0, 0.1) is 6.92 Å². The lowest BCUT2D eigenvalue weighted by Gasteiger charge is -2.16. The molecule has 0 fully saturated rings. The summed E-state index contributed by atoms with van der Waals surface area (Å²) in [6, 6.07) is 21.1. The number of nitrogens with one attached hydrogen (secondary N) is 1. The van der Waals surface area contributed by atoms with E-state index in [1.807, 2.05) is 0 Å². The third kappa shape index (κ3) is 4.63. The van der Waals surface area contributed by atoms with Gasteiger partial charge in [-0.05, 0) is 49.0 Å². The summed E-state index contributed by atoms with van der Waals surface area (Å²) in [5.74, 6) is 0.962. The number of rotatable bonds is 8. The normalized spacial score (nSPS) is 11.2. The molecule has 0 atom stereocenters. The topological polar surface area (TPSA) is 24.5 Å². The Hall–Kier alpha value is -2.36. The molecule has 0 bridgehead atoms. The highest BCUT2D eigenvalue weighted by Gasteiger charge is 2.09. The molecule has 0 heterocycles. The van der Waals surface area contributed by atoms with Crippen LogP contribution < -0.4 is 10.1 Å². The SMILES string of the molecule is Cc1ccccc1COc1ccc2ccccc2c1CNCCN(C)C. The van der Waals surface area contributed by atoms with Gasteiger partial charge in [0.15, 0.2) is 0 Å². The Labute approximate surface area is 156 Å². The van der Waals surface area contributed by atoms with E-state index < -0.39 is 0 Å². The van der Waals surface area contributed by atoms with E-state index in [1.54, 1.807) is 0 Å². The Morgan fingerprint density at radius 1 is 0.923 bits per heavy atom. The lowest BCUT2D eigenvalue weighted by Crippen LogP contribution is -2.26. The van der Waals surface area contributed by atoms with Crippen molar-refractivity contribution in [2.24, 2.45) is 0 Å². The van der Waals surface area contributed by atoms with Gasteiger partial charge in [0.2, 0.25) is 0 Å². The number of aryl methyl sites for hydroxylation is 1. The van der Waals surface area contributed by atoms with E-state index in [2.05, 4.69) is 91.9 Å². The summed E-state index contributed by atoms with van der Waals surface area (Å²) in [5.41, 5.74) is 3.72. The molecule has 0 saturated heterocycles. The quantitative estimate of drug-likeness (QED) is 0.612. The zero-order valence-corrected chi connectivity index (χ0v) is 16.0. The summed E-state index contributed by atoms with van der Waals surface area (Å²) in [7, 11) is 4.19. The second-order valence-corrected chi connectivity index (χ2v) is 6.96. The lowest BCUT2D eigenvalue weighted by molar-refractivity contribution is 0.301. The van der Waals surface area contributed by atoms with Gasteiger partial charge in [-0.1, -0.05) is 54.6 Å². The van der Waals surface area contributed by atoms with Crippen molar-refractivity contribution in [1.82, 2.24) is 10.2 Å². The average Bonchev–Trinajstić information content (AvgIpc) is 2.65. The van der Waals surface area contributed by atoms with E-state index >= 15 is 0 Å². The molecule has 0 aliphatic carbocycles. The lowest BCUT2D eigenvalue weighted by atomic mass is 10.0. The van der Waals surface area contributed by atoms with Crippen molar-refractivity contribution in [3.63, 3.8) is 0 Å². The van der Waals surface area contributed by atoms with Crippen LogP contribution in [0.15, 0.2) is 60.7 Å². The predicted octanol–water partition coefficient (Wildman–Crippen LogP) is 4.38. The number of likely N-dealkylation sites (N-methyl/N-ethyl adjacent to an activating group) is 1. The Balaban J connectivity index is 1.81. The first-order valence-corrected chi connectivity index (χ1v) is 9.18. The molecule has 3 aromatic carbocycles. The molecular weight excluding hydrogens is 320 g/mol. The fourth-order valence-electron chi connectivity index (χ4n) is 3.08. The largest absolute Gasteiger partial charge is 0.489 e. The highest BCUT2D eigenvalue weighted by molar-refractivity contribution is 5.87. The summed E-state index contributed by atoms with van der Waals surface area (Å²) in [6.45, 7) is 5.49. The van der Waals surface area contributed by atoms with Crippen LogP contribution in [0.2, 0.25) is 0 Å². The van der Waals surface area contributed by atoms with E-state index in [9.17, 15) is 0 Å². The average molecular weight is 348 g/mol. The van der Waals surface area contributed by atoms with Gasteiger partial charge >= 0.3 is 0 Å². The molecular formula is C23H28N2O. The maximum Gasteiger partial charge on any atom is 0.124 e. The van der Waals surface area contributed by atoms with Gasteiger partial charge in [0.1, 0.15) is 12.4 Å². The van der Waals surface area contributed by atoms with Crippen molar-refractivity contribution < 1.29 is 4.74 Å². The number of benzene rings is 3. The van der Waals surface area contributed by atoms with Crippen LogP contribution in [0.5, 0.6) is 5.75 Å². The summed E-state index contributed by atoms with van der Waals surface area (Å²) >= 11 is 0. The van der Waals surface area contributed by atoms with Gasteiger partial charge < -0.3 is 15.0 Å². The Bertz CT molecular complexity index is 858. The molecule has 0 spiro atoms. The highest BCUT2D eigenvalue weighted by atomic mass is 16.5. The molecule has 0 radical (unpaired) electrons. The van der Waals surface area contributed by atoms with Crippen LogP contribution in [-0.4, -0.2) is 32.1 Å². The Morgan fingerprint density at radius 3 is 2.50 bits per heavy atom. The Morgan fingerprint density at radius 2 is 1.69 bits per heavy atom. The van der Waals surface area contributed by atoms with Crippen LogP contribution >= 0.6 is 0 Å². The monoisotopic (exact) mass is 348 g/mol. The molecule has 1 N–H and O–H groups in total. The summed E-state index contributed by atoms with van der Waals surface area (Å²) in [5, 5.41) is 6.06. The molecule has 0 aliphatic rings. The first kappa shape index (κ1) is 18.4. The van der Waals surface area contributed by atoms with Gasteiger partial charge in [-0.3, -0.25) is 0 Å². The predicted molar refractivity (Wildman–Crippen MR) is 110 cm³/mol. The number of ether oxygens (including phenoxy) is 1. The van der Waals surface area contributed by atoms with Gasteiger partial charge in [0, 0.05) is 25.2 Å². The molecule has 3 aromatic rings. The van der Waals surface area contributed by atoms with Crippen LogP contribution in [-0.2, 0) is 13.2 Å². The van der Waals surface area contributed by atoms with Gasteiger partial charge in [0.05, 0.1) is 0 Å². The van der Waals surface area contributed by atoms with Crippen molar-refractivity contribution >= 4 is 10.8 Å². The van der Waals surface area contributed by atoms with Gasteiger partial charge in [-0.25, -0.2) is 0 Å². The minimum atomic E-state index is 0.593. The van der Waals surface area contributed by atoms with Crippen molar-refractivity contribution in [2.45, 2.75) is 20.1 Å². The van der Waals surface area contributed by atoms with Crippen molar-refractivity contribution in [3.05, 3.63) is 77.4 Å². The van der Waals surface area contributed by atoms with E-state index in [0.29, 0.717) is 6.61 Å². The molecule has 0 aliphatic heterocycles. The fraction of sp³-hybridized carbons (Fsp3) is 0.304. The first-order valence-electron chi connectivity index (χ1n) is 9.18. The maximum absolute atomic E-state index is 6.24. The minimum Gasteiger partial charge on any atom is -0.489 e. The summed E-state index contributed by atoms with van der Waals surface area (Å²) in [4.78, 5) is 2.19. The van der Waals surface area contributed by atoms with Crippen molar-refractivity contribution in [3.8, 4) is 5.75 Å². The summed E-state index contributed by atoms with van der Waals surface area (Å²) < 4.78 is 6.24. The molecule has 3 rings (SSSR count). The van der Waals surface area contributed by atoms with E-state index in [0.717, 1.165) is 25.4 Å².